The fourth-order valence-electron chi connectivity index (χ4n) is 3.22. The van der Waals surface area contributed by atoms with Gasteiger partial charge in [-0.05, 0) is 55.3 Å². The molecule has 0 unspecified atom stereocenters. The molecule has 1 radical (unpaired) electrons. The van der Waals surface area contributed by atoms with E-state index in [0.717, 1.165) is 5.92 Å². The summed E-state index contributed by atoms with van der Waals surface area (Å²) < 4.78 is 0. The topological polar surface area (TPSA) is 0 Å². The summed E-state index contributed by atoms with van der Waals surface area (Å²) in [5.74, 6) is 0.951. The molecule has 1 saturated carbocycles. The van der Waals surface area contributed by atoms with Crippen molar-refractivity contribution in [3.63, 3.8) is 0 Å². The van der Waals surface area contributed by atoms with Gasteiger partial charge in [-0.2, -0.15) is 0 Å². The van der Waals surface area contributed by atoms with E-state index in [1.165, 1.54) is 32.1 Å². The summed E-state index contributed by atoms with van der Waals surface area (Å²) in [5, 5.41) is 0. The lowest BCUT2D eigenvalue weighted by Crippen LogP contribution is -2.30. The van der Waals surface area contributed by atoms with Crippen molar-refractivity contribution in [2.75, 3.05) is 0 Å². The predicted octanol–water partition coefficient (Wildman–Crippen LogP) is 4.84. The van der Waals surface area contributed by atoms with E-state index in [2.05, 4.69) is 41.0 Å². The Morgan fingerprint density at radius 2 is 1.50 bits per heavy atom. The fraction of sp³-hybridized carbons (Fsp3) is 0.929. The molecule has 1 aliphatic carbocycles. The van der Waals surface area contributed by atoms with E-state index < -0.39 is 0 Å². The van der Waals surface area contributed by atoms with Crippen LogP contribution in [0.5, 0.6) is 0 Å². The summed E-state index contributed by atoms with van der Waals surface area (Å²) in [5.41, 5.74) is 1.01. The van der Waals surface area contributed by atoms with E-state index in [0.29, 0.717) is 10.8 Å². The van der Waals surface area contributed by atoms with Crippen LogP contribution >= 0.6 is 0 Å². The molecule has 83 valence electrons. The van der Waals surface area contributed by atoms with E-state index in [1.807, 2.05) is 0 Å². The monoisotopic (exact) mass is 195 g/mol. The minimum Gasteiger partial charge on any atom is -0.0602 e. The summed E-state index contributed by atoms with van der Waals surface area (Å²) in [7, 11) is 0. The lowest BCUT2D eigenvalue weighted by atomic mass is 9.65. The lowest BCUT2D eigenvalue weighted by molar-refractivity contribution is 0.108. The van der Waals surface area contributed by atoms with Gasteiger partial charge in [0.05, 0.1) is 0 Å². The Bertz CT molecular complexity index is 165. The summed E-state index contributed by atoms with van der Waals surface area (Å²) in [4.78, 5) is 0. The Labute approximate surface area is 90.5 Å². The maximum atomic E-state index is 2.47. The molecule has 0 N–H and O–H groups in total. The van der Waals surface area contributed by atoms with Gasteiger partial charge in [-0.1, -0.05) is 34.6 Å². The first kappa shape index (κ1) is 12.1. The molecule has 0 aromatic carbocycles. The predicted molar refractivity (Wildman–Crippen MR) is 64.1 cm³/mol. The van der Waals surface area contributed by atoms with Crippen molar-refractivity contribution in [2.24, 2.45) is 16.7 Å². The SMILES string of the molecule is CC(C)(C)CC(C)(C)C1CC[CH]CC1. The summed E-state index contributed by atoms with van der Waals surface area (Å²) >= 11 is 0. The van der Waals surface area contributed by atoms with Gasteiger partial charge < -0.3 is 0 Å². The second-order valence-electron chi connectivity index (χ2n) is 6.87. The standard InChI is InChI=1S/C14H27/c1-13(2,3)11-14(4,5)12-9-7-6-8-10-12/h6,12H,7-11H2,1-5H3. The first-order valence-electron chi connectivity index (χ1n) is 6.13. The van der Waals surface area contributed by atoms with Gasteiger partial charge in [-0.3, -0.25) is 0 Å². The normalized spacial score (nSPS) is 21.2. The Kier molecular flexibility index (Phi) is 3.66. The molecule has 1 fully saturated rings. The quantitative estimate of drug-likeness (QED) is 0.591. The van der Waals surface area contributed by atoms with E-state index in [-0.39, 0.29) is 0 Å². The molecule has 0 spiro atoms. The number of hydrogen-bond donors (Lipinski definition) is 0. The second-order valence-corrected chi connectivity index (χ2v) is 6.87. The molecule has 0 atom stereocenters. The molecule has 14 heavy (non-hydrogen) atoms. The van der Waals surface area contributed by atoms with Crippen LogP contribution in [-0.4, -0.2) is 0 Å². The van der Waals surface area contributed by atoms with Crippen LogP contribution in [0.4, 0.5) is 0 Å². The highest BCUT2D eigenvalue weighted by Gasteiger charge is 2.33. The molecule has 0 heteroatoms. The van der Waals surface area contributed by atoms with Gasteiger partial charge in [0, 0.05) is 0 Å². The van der Waals surface area contributed by atoms with Crippen LogP contribution < -0.4 is 0 Å². The average Bonchev–Trinajstić information content (AvgIpc) is 2.01. The van der Waals surface area contributed by atoms with Gasteiger partial charge in [0.2, 0.25) is 0 Å². The van der Waals surface area contributed by atoms with Gasteiger partial charge in [-0.15, -0.1) is 0 Å². The highest BCUT2D eigenvalue weighted by atomic mass is 14.4. The number of rotatable bonds is 2. The highest BCUT2D eigenvalue weighted by Crippen LogP contribution is 2.44. The molecule has 0 aliphatic heterocycles. The lowest BCUT2D eigenvalue weighted by Gasteiger charge is -2.41. The van der Waals surface area contributed by atoms with Crippen molar-refractivity contribution in [3.8, 4) is 0 Å². The third-order valence-corrected chi connectivity index (χ3v) is 3.53. The summed E-state index contributed by atoms with van der Waals surface area (Å²) in [6.45, 7) is 12.0. The molecule has 0 heterocycles. The van der Waals surface area contributed by atoms with Gasteiger partial charge >= 0.3 is 0 Å². The molecule has 0 amide bonds. The molecule has 1 rings (SSSR count). The van der Waals surface area contributed by atoms with Gasteiger partial charge in [0.15, 0.2) is 0 Å². The van der Waals surface area contributed by atoms with Crippen LogP contribution in [-0.2, 0) is 0 Å². The zero-order valence-corrected chi connectivity index (χ0v) is 10.7. The molecule has 0 aromatic heterocycles. The smallest absolute Gasteiger partial charge is 0.0321 e. The molecule has 0 aromatic rings. The van der Waals surface area contributed by atoms with E-state index >= 15 is 0 Å². The Morgan fingerprint density at radius 1 is 1.00 bits per heavy atom. The minimum absolute atomic E-state index is 0.477. The first-order valence-corrected chi connectivity index (χ1v) is 6.13. The average molecular weight is 195 g/mol. The van der Waals surface area contributed by atoms with Crippen LogP contribution in [0.3, 0.4) is 0 Å². The third-order valence-electron chi connectivity index (χ3n) is 3.53. The third kappa shape index (κ3) is 3.63. The molecular formula is C14H27. The van der Waals surface area contributed by atoms with Gasteiger partial charge in [0.1, 0.15) is 0 Å². The van der Waals surface area contributed by atoms with Crippen molar-refractivity contribution in [1.82, 2.24) is 0 Å². The van der Waals surface area contributed by atoms with Crippen LogP contribution in [0.25, 0.3) is 0 Å². The van der Waals surface area contributed by atoms with Gasteiger partial charge in [-0.25, -0.2) is 0 Å². The van der Waals surface area contributed by atoms with E-state index in [1.54, 1.807) is 0 Å². The molecule has 0 saturated heterocycles. The Morgan fingerprint density at radius 3 is 1.93 bits per heavy atom. The van der Waals surface area contributed by atoms with Crippen molar-refractivity contribution >= 4 is 0 Å². The maximum Gasteiger partial charge on any atom is -0.0321 e. The van der Waals surface area contributed by atoms with Crippen LogP contribution in [0.2, 0.25) is 0 Å². The minimum atomic E-state index is 0.477. The van der Waals surface area contributed by atoms with Crippen LogP contribution in [0.15, 0.2) is 0 Å². The van der Waals surface area contributed by atoms with Crippen molar-refractivity contribution in [2.45, 2.75) is 66.7 Å². The second kappa shape index (κ2) is 4.24. The first-order chi connectivity index (χ1) is 6.31. The van der Waals surface area contributed by atoms with E-state index in [4.69, 9.17) is 0 Å². The number of hydrogen-bond acceptors (Lipinski definition) is 0. The van der Waals surface area contributed by atoms with E-state index in [9.17, 15) is 0 Å². The highest BCUT2D eigenvalue weighted by molar-refractivity contribution is 4.88. The zero-order valence-electron chi connectivity index (χ0n) is 10.7. The van der Waals surface area contributed by atoms with Crippen molar-refractivity contribution in [3.05, 3.63) is 6.42 Å². The van der Waals surface area contributed by atoms with Crippen LogP contribution in [0, 0.1) is 23.2 Å². The molecular weight excluding hydrogens is 168 g/mol. The van der Waals surface area contributed by atoms with Crippen molar-refractivity contribution in [1.29, 1.82) is 0 Å². The largest absolute Gasteiger partial charge is 0.0602 e. The Balaban J connectivity index is 2.54. The summed E-state index contributed by atoms with van der Waals surface area (Å²) in [6.07, 6.45) is 9.34. The Hall–Kier alpha value is 0. The molecule has 0 bridgehead atoms. The van der Waals surface area contributed by atoms with Gasteiger partial charge in [0.25, 0.3) is 0 Å². The fourth-order valence-corrected chi connectivity index (χ4v) is 3.22. The molecule has 1 aliphatic rings. The molecule has 0 nitrogen and oxygen atoms in total. The maximum absolute atomic E-state index is 2.47. The summed E-state index contributed by atoms with van der Waals surface area (Å²) in [6, 6.07) is 0. The van der Waals surface area contributed by atoms with Crippen LogP contribution in [0.1, 0.15) is 66.7 Å². The zero-order chi connectivity index (χ0) is 10.8. The van der Waals surface area contributed by atoms with Crippen molar-refractivity contribution < 1.29 is 0 Å².